The summed E-state index contributed by atoms with van der Waals surface area (Å²) in [5.74, 6) is 3.78. The third kappa shape index (κ3) is 5.43. The summed E-state index contributed by atoms with van der Waals surface area (Å²) in [7, 11) is 0. The molecule has 3 fully saturated rings. The van der Waals surface area contributed by atoms with Crippen molar-refractivity contribution in [3.8, 4) is 0 Å². The van der Waals surface area contributed by atoms with Crippen molar-refractivity contribution in [1.29, 1.82) is 0 Å². The summed E-state index contributed by atoms with van der Waals surface area (Å²) >= 11 is 0. The van der Waals surface area contributed by atoms with Crippen LogP contribution < -0.4 is 0 Å². The van der Waals surface area contributed by atoms with E-state index in [0.29, 0.717) is 23.5 Å². The molecule has 3 nitrogen and oxygen atoms in total. The van der Waals surface area contributed by atoms with Crippen LogP contribution in [0.2, 0.25) is 0 Å². The van der Waals surface area contributed by atoms with Crippen molar-refractivity contribution in [2.45, 2.75) is 130 Å². The first kappa shape index (κ1) is 25.0. The highest BCUT2D eigenvalue weighted by Crippen LogP contribution is 2.64. The van der Waals surface area contributed by atoms with E-state index in [2.05, 4.69) is 19.9 Å². The number of carbonyl (C=O) groups is 2. The number of unbranched alkanes of at least 4 members (excludes halogenated alkanes) is 7. The molecule has 0 saturated heterocycles. The van der Waals surface area contributed by atoms with Crippen LogP contribution in [0.15, 0.2) is 11.6 Å². The molecule has 0 heterocycles. The van der Waals surface area contributed by atoms with Gasteiger partial charge in [-0.05, 0) is 80.6 Å². The molecule has 0 aromatic heterocycles. The second-order valence-corrected chi connectivity index (χ2v) is 12.1. The molecular weight excluding hydrogens is 408 g/mol. The first-order valence-electron chi connectivity index (χ1n) is 14.3. The Balaban J connectivity index is 1.44. The third-order valence-electron chi connectivity index (χ3n) is 10.1. The zero-order valence-corrected chi connectivity index (χ0v) is 21.6. The van der Waals surface area contributed by atoms with Gasteiger partial charge in [0.15, 0.2) is 5.78 Å². The van der Waals surface area contributed by atoms with Gasteiger partial charge in [-0.3, -0.25) is 9.59 Å². The van der Waals surface area contributed by atoms with Crippen LogP contribution in [0.3, 0.4) is 0 Å². The van der Waals surface area contributed by atoms with Crippen molar-refractivity contribution in [3.05, 3.63) is 11.6 Å². The van der Waals surface area contributed by atoms with Crippen molar-refractivity contribution < 1.29 is 14.3 Å². The van der Waals surface area contributed by atoms with E-state index < -0.39 is 0 Å². The molecule has 0 radical (unpaired) electrons. The van der Waals surface area contributed by atoms with E-state index in [1.165, 1.54) is 82.6 Å². The number of rotatable bonds is 10. The Labute approximate surface area is 202 Å². The minimum absolute atomic E-state index is 0.106. The van der Waals surface area contributed by atoms with Crippen molar-refractivity contribution in [2.24, 2.45) is 35.0 Å². The average molecular weight is 457 g/mol. The Bertz CT molecular complexity index is 724. The molecule has 0 aromatic carbocycles. The second-order valence-electron chi connectivity index (χ2n) is 12.1. The Hall–Kier alpha value is -1.12. The van der Waals surface area contributed by atoms with Gasteiger partial charge in [-0.15, -0.1) is 0 Å². The van der Waals surface area contributed by atoms with Crippen LogP contribution in [0.25, 0.3) is 0 Å². The van der Waals surface area contributed by atoms with Crippen molar-refractivity contribution >= 4 is 11.8 Å². The third-order valence-corrected chi connectivity index (χ3v) is 10.1. The molecule has 5 unspecified atom stereocenters. The maximum atomic E-state index is 12.2. The molecule has 3 heteroatoms. The van der Waals surface area contributed by atoms with E-state index in [4.69, 9.17) is 4.74 Å². The van der Waals surface area contributed by atoms with E-state index in [1.54, 1.807) is 6.92 Å². The van der Waals surface area contributed by atoms with E-state index in [9.17, 15) is 9.59 Å². The number of fused-ring (bicyclic) bond motifs is 5. The number of ketones is 1. The molecule has 0 aromatic rings. The second kappa shape index (κ2) is 11.1. The topological polar surface area (TPSA) is 43.4 Å². The number of esters is 1. The number of hydrogen-bond donors (Lipinski definition) is 0. The molecule has 33 heavy (non-hydrogen) atoms. The molecule has 0 N–H and O–H groups in total. The lowest BCUT2D eigenvalue weighted by Crippen LogP contribution is -2.51. The summed E-state index contributed by atoms with van der Waals surface area (Å²) in [5.41, 5.74) is 1.64. The number of hydrogen-bond acceptors (Lipinski definition) is 3. The zero-order chi connectivity index (χ0) is 23.4. The van der Waals surface area contributed by atoms with Crippen LogP contribution in [0.5, 0.6) is 0 Å². The fourth-order valence-corrected chi connectivity index (χ4v) is 8.56. The summed E-state index contributed by atoms with van der Waals surface area (Å²) in [6.45, 7) is 6.29. The summed E-state index contributed by atoms with van der Waals surface area (Å²) in [4.78, 5) is 24.1. The van der Waals surface area contributed by atoms with Gasteiger partial charge >= 0.3 is 5.97 Å². The largest absolute Gasteiger partial charge is 0.462 e. The van der Waals surface area contributed by atoms with Crippen LogP contribution in [0.4, 0.5) is 0 Å². The van der Waals surface area contributed by atoms with Gasteiger partial charge in [-0.2, -0.15) is 0 Å². The number of carbonyl (C=O) groups excluding carboxylic acids is 2. The van der Waals surface area contributed by atoms with E-state index in [-0.39, 0.29) is 17.5 Å². The van der Waals surface area contributed by atoms with E-state index in [0.717, 1.165) is 37.5 Å². The molecule has 3 saturated carbocycles. The summed E-state index contributed by atoms with van der Waals surface area (Å²) in [6.07, 6.45) is 22.1. The molecule has 0 aliphatic heterocycles. The quantitative estimate of drug-likeness (QED) is 0.249. The minimum Gasteiger partial charge on any atom is -0.462 e. The van der Waals surface area contributed by atoms with Crippen molar-refractivity contribution in [1.82, 2.24) is 0 Å². The van der Waals surface area contributed by atoms with E-state index >= 15 is 0 Å². The Kier molecular flexibility index (Phi) is 8.39. The average Bonchev–Trinajstić information content (AvgIpc) is 3.10. The lowest BCUT2D eigenvalue weighted by atomic mass is 9.49. The zero-order valence-electron chi connectivity index (χ0n) is 21.6. The normalized spacial score (nSPS) is 37.7. The van der Waals surface area contributed by atoms with Crippen LogP contribution in [0.1, 0.15) is 124 Å². The van der Waals surface area contributed by atoms with Crippen LogP contribution >= 0.6 is 0 Å². The highest BCUT2D eigenvalue weighted by molar-refractivity contribution is 5.91. The van der Waals surface area contributed by atoms with Crippen molar-refractivity contribution in [3.63, 3.8) is 0 Å². The fraction of sp³-hybridized carbons (Fsp3) is 0.867. The van der Waals surface area contributed by atoms with Gasteiger partial charge in [0, 0.05) is 18.8 Å². The molecule has 4 aliphatic rings. The monoisotopic (exact) mass is 456 g/mol. The first-order valence-corrected chi connectivity index (χ1v) is 14.3. The lowest BCUT2D eigenvalue weighted by Gasteiger charge is -2.56. The van der Waals surface area contributed by atoms with Gasteiger partial charge in [0.2, 0.25) is 0 Å². The van der Waals surface area contributed by atoms with Gasteiger partial charge < -0.3 is 4.74 Å². The molecule has 4 aliphatic carbocycles. The van der Waals surface area contributed by atoms with Gasteiger partial charge in [-0.25, -0.2) is 0 Å². The molecule has 0 spiro atoms. The summed E-state index contributed by atoms with van der Waals surface area (Å²) in [5, 5.41) is 0. The molecule has 0 amide bonds. The molecule has 186 valence electrons. The maximum Gasteiger partial charge on any atom is 0.302 e. The maximum absolute atomic E-state index is 12.2. The standard InChI is InChI=1S/C30H48O3/c1-4-5-6-7-8-9-10-11-12-22-19-23-20-24(32)13-14-25(23)26-17-18-30(3)27(29(22)26)15-16-28(30)33-21(2)31/h20,22,25-29H,4-19H2,1-3H3/t22?,25?,26?,27?,28-,29?,30-/m0/s1. The lowest BCUT2D eigenvalue weighted by molar-refractivity contribution is -0.157. The SMILES string of the molecule is CCCCCCCCCCC1CC2=CC(=O)CCC2C2CC[C@@]3(C)C(CC[C@@H]3OC(C)=O)C12. The molecule has 4 rings (SSSR count). The highest BCUT2D eigenvalue weighted by atomic mass is 16.5. The summed E-state index contributed by atoms with van der Waals surface area (Å²) in [6, 6.07) is 0. The van der Waals surface area contributed by atoms with Gasteiger partial charge in [0.05, 0.1) is 0 Å². The van der Waals surface area contributed by atoms with Crippen molar-refractivity contribution in [2.75, 3.05) is 0 Å². The first-order chi connectivity index (χ1) is 15.9. The Morgan fingerprint density at radius 3 is 2.48 bits per heavy atom. The van der Waals surface area contributed by atoms with Gasteiger partial charge in [0.1, 0.15) is 6.10 Å². The van der Waals surface area contributed by atoms with Crippen LogP contribution in [-0.4, -0.2) is 17.9 Å². The Morgan fingerprint density at radius 2 is 1.76 bits per heavy atom. The van der Waals surface area contributed by atoms with Gasteiger partial charge in [0.25, 0.3) is 0 Å². The minimum atomic E-state index is -0.112. The van der Waals surface area contributed by atoms with Gasteiger partial charge in [-0.1, -0.05) is 70.8 Å². The Morgan fingerprint density at radius 1 is 1.03 bits per heavy atom. The fourth-order valence-electron chi connectivity index (χ4n) is 8.56. The molecule has 0 bridgehead atoms. The summed E-state index contributed by atoms with van der Waals surface area (Å²) < 4.78 is 5.88. The van der Waals surface area contributed by atoms with E-state index in [1.807, 2.05) is 0 Å². The molecule has 7 atom stereocenters. The number of allylic oxidation sites excluding steroid dienone is 1. The molecular formula is C30H48O3. The van der Waals surface area contributed by atoms with Crippen LogP contribution in [-0.2, 0) is 14.3 Å². The highest BCUT2D eigenvalue weighted by Gasteiger charge is 2.59. The number of ether oxygens (including phenoxy) is 1. The van der Waals surface area contributed by atoms with Crippen LogP contribution in [0, 0.1) is 35.0 Å². The predicted octanol–water partition coefficient (Wildman–Crippen LogP) is 7.82. The smallest absolute Gasteiger partial charge is 0.302 e. The predicted molar refractivity (Wildman–Crippen MR) is 134 cm³/mol.